The Balaban J connectivity index is 2.70. The number of aromatic nitrogens is 1. The van der Waals surface area contributed by atoms with Crippen LogP contribution in [0.25, 0.3) is 0 Å². The van der Waals surface area contributed by atoms with Gasteiger partial charge in [0.05, 0.1) is 32.9 Å². The number of hydrogen-bond acceptors (Lipinski definition) is 6. The third kappa shape index (κ3) is 6.55. The first-order valence-corrected chi connectivity index (χ1v) is 6.88. The highest BCUT2D eigenvalue weighted by molar-refractivity contribution is 5.69. The monoisotopic (exact) mass is 296 g/mol. The summed E-state index contributed by atoms with van der Waals surface area (Å²) >= 11 is 0. The molecule has 1 aromatic heterocycles. The zero-order valence-electron chi connectivity index (χ0n) is 13.2. The fourth-order valence-corrected chi connectivity index (χ4v) is 1.97. The first-order valence-electron chi connectivity index (χ1n) is 6.88. The van der Waals surface area contributed by atoms with E-state index in [1.54, 1.807) is 14.2 Å². The molecule has 6 heteroatoms. The first-order chi connectivity index (χ1) is 10.1. The van der Waals surface area contributed by atoms with Crippen LogP contribution in [0.1, 0.15) is 17.8 Å². The molecule has 21 heavy (non-hydrogen) atoms. The normalized spacial score (nSPS) is 10.7. The summed E-state index contributed by atoms with van der Waals surface area (Å²) in [7, 11) is 4.69. The number of carbonyl (C=O) groups is 1. The fourth-order valence-electron chi connectivity index (χ4n) is 1.97. The van der Waals surface area contributed by atoms with Crippen molar-refractivity contribution in [1.29, 1.82) is 0 Å². The Bertz CT molecular complexity index is 451. The number of rotatable bonds is 9. The molecule has 0 aliphatic heterocycles. The van der Waals surface area contributed by atoms with Crippen LogP contribution < -0.4 is 4.74 Å². The van der Waals surface area contributed by atoms with Crippen molar-refractivity contribution in [3.05, 3.63) is 23.5 Å². The molecular weight excluding hydrogens is 272 g/mol. The van der Waals surface area contributed by atoms with Crippen molar-refractivity contribution in [1.82, 2.24) is 9.88 Å². The molecule has 0 aromatic carbocycles. The van der Waals surface area contributed by atoms with E-state index >= 15 is 0 Å². The number of ether oxygens (including phenoxy) is 3. The van der Waals surface area contributed by atoms with E-state index in [0.717, 1.165) is 23.7 Å². The molecule has 0 unspecified atom stereocenters. The smallest absolute Gasteiger partial charge is 0.306 e. The van der Waals surface area contributed by atoms with Crippen LogP contribution >= 0.6 is 0 Å². The molecule has 1 heterocycles. The lowest BCUT2D eigenvalue weighted by atomic mass is 10.2. The van der Waals surface area contributed by atoms with Crippen molar-refractivity contribution in [2.45, 2.75) is 19.9 Å². The van der Waals surface area contributed by atoms with Gasteiger partial charge in [-0.1, -0.05) is 0 Å². The minimum absolute atomic E-state index is 0.216. The molecule has 6 nitrogen and oxygen atoms in total. The van der Waals surface area contributed by atoms with E-state index in [2.05, 4.69) is 14.6 Å². The van der Waals surface area contributed by atoms with E-state index in [-0.39, 0.29) is 5.97 Å². The molecular formula is C15H24N2O4. The number of aryl methyl sites for hydroxylation is 1. The van der Waals surface area contributed by atoms with Crippen LogP contribution in [0.2, 0.25) is 0 Å². The predicted octanol–water partition coefficient (Wildman–Crippen LogP) is 1.41. The highest BCUT2D eigenvalue weighted by Gasteiger charge is 2.11. The van der Waals surface area contributed by atoms with Crippen molar-refractivity contribution in [2.75, 3.05) is 41.0 Å². The van der Waals surface area contributed by atoms with Gasteiger partial charge in [-0.05, 0) is 6.92 Å². The molecule has 118 valence electrons. The summed E-state index contributed by atoms with van der Waals surface area (Å²) in [6.45, 7) is 4.50. The van der Waals surface area contributed by atoms with Crippen molar-refractivity contribution in [3.8, 4) is 5.75 Å². The first kappa shape index (κ1) is 17.4. The summed E-state index contributed by atoms with van der Waals surface area (Å²) in [6, 6.07) is 3.79. The molecule has 0 aliphatic rings. The third-order valence-electron chi connectivity index (χ3n) is 3.07. The highest BCUT2D eigenvalue weighted by Crippen LogP contribution is 2.15. The second-order valence-corrected chi connectivity index (χ2v) is 4.73. The molecule has 0 bridgehead atoms. The molecule has 0 spiro atoms. The third-order valence-corrected chi connectivity index (χ3v) is 3.07. The molecule has 0 radical (unpaired) electrons. The van der Waals surface area contributed by atoms with Crippen LogP contribution in [0.15, 0.2) is 12.1 Å². The molecule has 0 N–H and O–H groups in total. The summed E-state index contributed by atoms with van der Waals surface area (Å²) in [5.41, 5.74) is 1.82. The van der Waals surface area contributed by atoms with Gasteiger partial charge in [0.25, 0.3) is 0 Å². The van der Waals surface area contributed by atoms with Crippen LogP contribution in [0, 0.1) is 6.92 Å². The van der Waals surface area contributed by atoms with Gasteiger partial charge in [-0.15, -0.1) is 0 Å². The van der Waals surface area contributed by atoms with Gasteiger partial charge in [-0.3, -0.25) is 14.7 Å². The Morgan fingerprint density at radius 2 is 2.00 bits per heavy atom. The maximum atomic E-state index is 11.3. The van der Waals surface area contributed by atoms with Crippen LogP contribution in [-0.2, 0) is 20.8 Å². The molecule has 0 aliphatic carbocycles. The lowest BCUT2D eigenvalue weighted by Crippen LogP contribution is -2.30. The molecule has 1 aromatic rings. The number of hydrogen-bond donors (Lipinski definition) is 0. The molecule has 0 amide bonds. The Morgan fingerprint density at radius 3 is 2.62 bits per heavy atom. The van der Waals surface area contributed by atoms with E-state index in [1.165, 1.54) is 7.11 Å². The summed E-state index contributed by atoms with van der Waals surface area (Å²) in [4.78, 5) is 17.9. The Morgan fingerprint density at radius 1 is 1.24 bits per heavy atom. The van der Waals surface area contributed by atoms with Crippen LogP contribution in [0.3, 0.4) is 0 Å². The van der Waals surface area contributed by atoms with E-state index in [1.807, 2.05) is 19.1 Å². The second-order valence-electron chi connectivity index (χ2n) is 4.73. The van der Waals surface area contributed by atoms with Crippen molar-refractivity contribution in [2.24, 2.45) is 0 Å². The van der Waals surface area contributed by atoms with Gasteiger partial charge in [0.15, 0.2) is 0 Å². The van der Waals surface area contributed by atoms with E-state index in [4.69, 9.17) is 9.47 Å². The Kier molecular flexibility index (Phi) is 7.71. The Labute approximate surface area is 126 Å². The van der Waals surface area contributed by atoms with Gasteiger partial charge in [-0.25, -0.2) is 0 Å². The maximum Gasteiger partial charge on any atom is 0.306 e. The number of nitrogens with zero attached hydrogens (tertiary/aromatic N) is 2. The standard InChI is InChI=1S/C15H24N2O4/c1-12-9-14(20-3)10-13(16-12)11-17(7-8-19-2)6-5-15(18)21-4/h9-10H,5-8,11H2,1-4H3. The highest BCUT2D eigenvalue weighted by atomic mass is 16.5. The maximum absolute atomic E-state index is 11.3. The van der Waals surface area contributed by atoms with Crippen molar-refractivity contribution in [3.63, 3.8) is 0 Å². The number of pyridine rings is 1. The van der Waals surface area contributed by atoms with Gasteiger partial charge < -0.3 is 14.2 Å². The zero-order chi connectivity index (χ0) is 15.7. The summed E-state index contributed by atoms with van der Waals surface area (Å²) < 4.78 is 15.0. The molecule has 1 rings (SSSR count). The van der Waals surface area contributed by atoms with Crippen molar-refractivity contribution < 1.29 is 19.0 Å². The quantitative estimate of drug-likeness (QED) is 0.642. The topological polar surface area (TPSA) is 60.9 Å². The summed E-state index contributed by atoms with van der Waals surface area (Å²) in [5.74, 6) is 0.573. The predicted molar refractivity (Wildman–Crippen MR) is 79.3 cm³/mol. The second kappa shape index (κ2) is 9.31. The lowest BCUT2D eigenvalue weighted by Gasteiger charge is -2.21. The van der Waals surface area contributed by atoms with Gasteiger partial charge in [0.1, 0.15) is 5.75 Å². The Hall–Kier alpha value is -1.66. The van der Waals surface area contributed by atoms with Gasteiger partial charge in [0.2, 0.25) is 0 Å². The average molecular weight is 296 g/mol. The van der Waals surface area contributed by atoms with Gasteiger partial charge >= 0.3 is 5.97 Å². The van der Waals surface area contributed by atoms with Crippen LogP contribution in [0.5, 0.6) is 5.75 Å². The fraction of sp³-hybridized carbons (Fsp3) is 0.600. The van der Waals surface area contributed by atoms with Crippen LogP contribution in [0.4, 0.5) is 0 Å². The number of esters is 1. The van der Waals surface area contributed by atoms with Crippen molar-refractivity contribution >= 4 is 5.97 Å². The van der Waals surface area contributed by atoms with Crippen LogP contribution in [-0.4, -0.2) is 56.9 Å². The lowest BCUT2D eigenvalue weighted by molar-refractivity contribution is -0.141. The minimum atomic E-state index is -0.216. The van der Waals surface area contributed by atoms with E-state index in [9.17, 15) is 4.79 Å². The minimum Gasteiger partial charge on any atom is -0.497 e. The van der Waals surface area contributed by atoms with E-state index in [0.29, 0.717) is 26.1 Å². The molecule has 0 saturated heterocycles. The largest absolute Gasteiger partial charge is 0.497 e. The molecule has 0 saturated carbocycles. The SMILES string of the molecule is COCCN(CCC(=O)OC)Cc1cc(OC)cc(C)n1. The molecule has 0 atom stereocenters. The number of carbonyl (C=O) groups excluding carboxylic acids is 1. The molecule has 0 fully saturated rings. The number of methoxy groups -OCH3 is 3. The van der Waals surface area contributed by atoms with Gasteiger partial charge in [-0.2, -0.15) is 0 Å². The zero-order valence-corrected chi connectivity index (χ0v) is 13.2. The van der Waals surface area contributed by atoms with Gasteiger partial charge in [0, 0.05) is 44.6 Å². The van der Waals surface area contributed by atoms with E-state index < -0.39 is 0 Å². The average Bonchev–Trinajstić information content (AvgIpc) is 2.48. The summed E-state index contributed by atoms with van der Waals surface area (Å²) in [5, 5.41) is 0. The summed E-state index contributed by atoms with van der Waals surface area (Å²) in [6.07, 6.45) is 0.350.